The van der Waals surface area contributed by atoms with Gasteiger partial charge in [0, 0.05) is 24.6 Å². The van der Waals surface area contributed by atoms with Gasteiger partial charge in [0.2, 0.25) is 5.91 Å². The van der Waals surface area contributed by atoms with Gasteiger partial charge in [-0.05, 0) is 30.3 Å². The standard InChI is InChI=1S/C18H12ClF2N3O2/c19-13-8-11(5-6-15(13)21)24-9-10(7-16(24)25)17-22-18(26-23-17)12-3-1-2-4-14(12)20/h1-6,8,10H,7,9H2. The van der Waals surface area contributed by atoms with E-state index in [1.54, 1.807) is 18.2 Å². The van der Waals surface area contributed by atoms with Gasteiger partial charge in [0.15, 0.2) is 5.82 Å². The van der Waals surface area contributed by atoms with Crippen molar-refractivity contribution < 1.29 is 18.1 Å². The van der Waals surface area contributed by atoms with Gasteiger partial charge in [0.25, 0.3) is 5.89 Å². The molecule has 0 spiro atoms. The number of rotatable bonds is 3. The number of hydrogen-bond acceptors (Lipinski definition) is 4. The molecule has 1 fully saturated rings. The molecule has 1 aromatic heterocycles. The molecule has 0 aliphatic carbocycles. The molecule has 26 heavy (non-hydrogen) atoms. The van der Waals surface area contributed by atoms with Crippen molar-refractivity contribution in [1.82, 2.24) is 10.1 Å². The van der Waals surface area contributed by atoms with Gasteiger partial charge in [-0.3, -0.25) is 4.79 Å². The Labute approximate surface area is 152 Å². The molecule has 3 aromatic rings. The maximum atomic E-state index is 13.8. The summed E-state index contributed by atoms with van der Waals surface area (Å²) in [4.78, 5) is 18.1. The zero-order valence-corrected chi connectivity index (χ0v) is 14.1. The second-order valence-corrected chi connectivity index (χ2v) is 6.35. The van der Waals surface area contributed by atoms with Crippen molar-refractivity contribution in [2.45, 2.75) is 12.3 Å². The Morgan fingerprint density at radius 2 is 1.96 bits per heavy atom. The fourth-order valence-electron chi connectivity index (χ4n) is 2.93. The van der Waals surface area contributed by atoms with Crippen LogP contribution in [0.5, 0.6) is 0 Å². The molecule has 0 N–H and O–H groups in total. The van der Waals surface area contributed by atoms with Crippen molar-refractivity contribution in [3.8, 4) is 11.5 Å². The lowest BCUT2D eigenvalue weighted by atomic mass is 10.1. The number of hydrogen-bond donors (Lipinski definition) is 0. The third-order valence-electron chi connectivity index (χ3n) is 4.25. The van der Waals surface area contributed by atoms with Gasteiger partial charge in [-0.15, -0.1) is 0 Å². The molecule has 132 valence electrons. The Morgan fingerprint density at radius 3 is 2.73 bits per heavy atom. The summed E-state index contributed by atoms with van der Waals surface area (Å²) in [5.74, 6) is -1.09. The minimum Gasteiger partial charge on any atom is -0.334 e. The molecular weight excluding hydrogens is 364 g/mol. The highest BCUT2D eigenvalue weighted by atomic mass is 35.5. The monoisotopic (exact) mass is 375 g/mol. The number of nitrogens with zero attached hydrogens (tertiary/aromatic N) is 3. The molecule has 2 aromatic carbocycles. The molecule has 1 saturated heterocycles. The molecule has 0 saturated carbocycles. The third-order valence-corrected chi connectivity index (χ3v) is 4.54. The fraction of sp³-hybridized carbons (Fsp3) is 0.167. The second kappa shape index (κ2) is 6.49. The van der Waals surface area contributed by atoms with E-state index in [9.17, 15) is 13.6 Å². The number of benzene rings is 2. The Balaban J connectivity index is 1.58. The van der Waals surface area contributed by atoms with Crippen molar-refractivity contribution in [2.24, 2.45) is 0 Å². The van der Waals surface area contributed by atoms with Crippen LogP contribution in [0.15, 0.2) is 47.0 Å². The normalized spacial score (nSPS) is 17.1. The molecule has 0 bridgehead atoms. The first-order valence-electron chi connectivity index (χ1n) is 7.87. The molecule has 1 atom stereocenters. The van der Waals surface area contributed by atoms with E-state index in [-0.39, 0.29) is 34.7 Å². The van der Waals surface area contributed by atoms with Crippen LogP contribution in [0, 0.1) is 11.6 Å². The van der Waals surface area contributed by atoms with Gasteiger partial charge < -0.3 is 9.42 Å². The van der Waals surface area contributed by atoms with Crippen LogP contribution in [0.25, 0.3) is 11.5 Å². The molecular formula is C18H12ClF2N3O2. The maximum absolute atomic E-state index is 13.8. The topological polar surface area (TPSA) is 59.2 Å². The van der Waals surface area contributed by atoms with Crippen LogP contribution in [0.1, 0.15) is 18.2 Å². The van der Waals surface area contributed by atoms with E-state index in [4.69, 9.17) is 16.1 Å². The number of carbonyl (C=O) groups excluding carboxylic acids is 1. The van der Waals surface area contributed by atoms with Crippen LogP contribution in [0.3, 0.4) is 0 Å². The van der Waals surface area contributed by atoms with Crippen molar-refractivity contribution in [2.75, 3.05) is 11.4 Å². The van der Waals surface area contributed by atoms with E-state index in [1.165, 1.54) is 29.2 Å². The zero-order valence-electron chi connectivity index (χ0n) is 13.3. The summed E-state index contributed by atoms with van der Waals surface area (Å²) in [7, 11) is 0. The Morgan fingerprint density at radius 1 is 1.15 bits per heavy atom. The first-order valence-corrected chi connectivity index (χ1v) is 8.24. The van der Waals surface area contributed by atoms with Gasteiger partial charge in [0.1, 0.15) is 11.6 Å². The van der Waals surface area contributed by atoms with Crippen molar-refractivity contribution >= 4 is 23.2 Å². The minimum atomic E-state index is -0.550. The SMILES string of the molecule is O=C1CC(c2noc(-c3ccccc3F)n2)CN1c1ccc(F)c(Cl)c1. The fourth-order valence-corrected chi connectivity index (χ4v) is 3.10. The molecule has 2 heterocycles. The lowest BCUT2D eigenvalue weighted by molar-refractivity contribution is -0.117. The first-order chi connectivity index (χ1) is 12.5. The predicted molar refractivity (Wildman–Crippen MR) is 90.8 cm³/mol. The quantitative estimate of drug-likeness (QED) is 0.688. The summed E-state index contributed by atoms with van der Waals surface area (Å²) in [5.41, 5.74) is 0.708. The van der Waals surface area contributed by atoms with Crippen molar-refractivity contribution in [3.63, 3.8) is 0 Å². The van der Waals surface area contributed by atoms with Gasteiger partial charge in [-0.2, -0.15) is 4.98 Å². The lowest BCUT2D eigenvalue weighted by Crippen LogP contribution is -2.24. The van der Waals surface area contributed by atoms with E-state index in [0.717, 1.165) is 0 Å². The highest BCUT2D eigenvalue weighted by Crippen LogP contribution is 2.33. The number of amides is 1. The lowest BCUT2D eigenvalue weighted by Gasteiger charge is -2.16. The Bertz CT molecular complexity index is 992. The summed E-state index contributed by atoms with van der Waals surface area (Å²) in [6.45, 7) is 0.303. The molecule has 1 aliphatic heterocycles. The van der Waals surface area contributed by atoms with Crippen LogP contribution in [-0.4, -0.2) is 22.6 Å². The number of anilines is 1. The molecule has 4 rings (SSSR count). The largest absolute Gasteiger partial charge is 0.334 e. The highest BCUT2D eigenvalue weighted by Gasteiger charge is 2.35. The average molecular weight is 376 g/mol. The van der Waals surface area contributed by atoms with Gasteiger partial charge in [0.05, 0.1) is 10.6 Å². The van der Waals surface area contributed by atoms with Crippen LogP contribution >= 0.6 is 11.6 Å². The number of carbonyl (C=O) groups is 1. The van der Waals surface area contributed by atoms with Crippen LogP contribution in [-0.2, 0) is 4.79 Å². The molecule has 5 nitrogen and oxygen atoms in total. The van der Waals surface area contributed by atoms with Crippen molar-refractivity contribution in [3.05, 3.63) is 64.9 Å². The third kappa shape index (κ3) is 2.94. The van der Waals surface area contributed by atoms with Crippen LogP contribution in [0.2, 0.25) is 5.02 Å². The summed E-state index contributed by atoms with van der Waals surface area (Å²) in [6.07, 6.45) is 0.172. The van der Waals surface area contributed by atoms with Crippen LogP contribution < -0.4 is 4.90 Å². The zero-order chi connectivity index (χ0) is 18.3. The van der Waals surface area contributed by atoms with Gasteiger partial charge >= 0.3 is 0 Å². The second-order valence-electron chi connectivity index (χ2n) is 5.94. The summed E-state index contributed by atoms with van der Waals surface area (Å²) >= 11 is 5.79. The number of halogens is 3. The Hall–Kier alpha value is -2.80. The minimum absolute atomic E-state index is 0.0554. The first kappa shape index (κ1) is 16.7. The van der Waals surface area contributed by atoms with E-state index < -0.39 is 11.6 Å². The van der Waals surface area contributed by atoms with E-state index >= 15 is 0 Å². The van der Waals surface area contributed by atoms with Gasteiger partial charge in [-0.1, -0.05) is 28.9 Å². The maximum Gasteiger partial charge on any atom is 0.260 e. The molecule has 1 amide bonds. The summed E-state index contributed by atoms with van der Waals surface area (Å²) < 4.78 is 32.3. The molecule has 8 heteroatoms. The van der Waals surface area contributed by atoms with E-state index in [0.29, 0.717) is 18.1 Å². The van der Waals surface area contributed by atoms with E-state index in [2.05, 4.69) is 10.1 Å². The smallest absolute Gasteiger partial charge is 0.260 e. The van der Waals surface area contributed by atoms with Gasteiger partial charge in [-0.25, -0.2) is 8.78 Å². The van der Waals surface area contributed by atoms with Crippen LogP contribution in [0.4, 0.5) is 14.5 Å². The molecule has 1 aliphatic rings. The average Bonchev–Trinajstić information content (AvgIpc) is 3.25. The van der Waals surface area contributed by atoms with Crippen molar-refractivity contribution in [1.29, 1.82) is 0 Å². The highest BCUT2D eigenvalue weighted by molar-refractivity contribution is 6.31. The summed E-state index contributed by atoms with van der Waals surface area (Å²) in [5, 5.41) is 3.84. The summed E-state index contributed by atoms with van der Waals surface area (Å²) in [6, 6.07) is 10.2. The molecule has 1 unspecified atom stereocenters. The Kier molecular flexibility index (Phi) is 4.16. The molecule has 0 radical (unpaired) electrons. The predicted octanol–water partition coefficient (Wildman–Crippen LogP) is 4.19. The van der Waals surface area contributed by atoms with E-state index in [1.807, 2.05) is 0 Å². The number of aromatic nitrogens is 2.